The van der Waals surface area contributed by atoms with Crippen molar-refractivity contribution in [2.24, 2.45) is 12.9 Å². The highest BCUT2D eigenvalue weighted by Gasteiger charge is 2.16. The van der Waals surface area contributed by atoms with Crippen LogP contribution in [0.5, 0.6) is 0 Å². The Hall–Kier alpha value is -1.69. The van der Waals surface area contributed by atoms with Gasteiger partial charge in [-0.15, -0.1) is 11.3 Å². The number of hydrazine groups is 1. The Balaban J connectivity index is 1.96. The van der Waals surface area contributed by atoms with Gasteiger partial charge >= 0.3 is 0 Å². The first-order valence-corrected chi connectivity index (χ1v) is 7.06. The number of aryl methyl sites for hydroxylation is 1. The number of thiophene rings is 1. The monoisotopic (exact) mass is 272 g/mol. The molecule has 0 radical (unpaired) electrons. The summed E-state index contributed by atoms with van der Waals surface area (Å²) >= 11 is 1.75. The lowest BCUT2D eigenvalue weighted by molar-refractivity contribution is 0.534. The van der Waals surface area contributed by atoms with Crippen LogP contribution in [0, 0.1) is 0 Å². The summed E-state index contributed by atoms with van der Waals surface area (Å²) in [7, 11) is 2.00. The minimum absolute atomic E-state index is 0.0808. The quantitative estimate of drug-likeness (QED) is 0.566. The average Bonchev–Trinajstić information content (AvgIpc) is 3.03. The van der Waals surface area contributed by atoms with Crippen LogP contribution in [0.1, 0.15) is 17.4 Å². The fourth-order valence-electron chi connectivity index (χ4n) is 2.30. The number of nitrogens with one attached hydrogen (secondary N) is 1. The number of hydrogen-bond donors (Lipinski definition) is 2. The molecule has 0 bridgehead atoms. The van der Waals surface area contributed by atoms with E-state index in [1.165, 1.54) is 15.6 Å². The Morgan fingerprint density at radius 1 is 1.42 bits per heavy atom. The Labute approximate surface area is 115 Å². The summed E-state index contributed by atoms with van der Waals surface area (Å²) in [6.45, 7) is 0. The molecular weight excluding hydrogens is 256 g/mol. The van der Waals surface area contributed by atoms with Crippen molar-refractivity contribution < 1.29 is 0 Å². The molecular formula is C14H16N4S. The number of aromatic nitrogens is 2. The molecule has 0 spiro atoms. The van der Waals surface area contributed by atoms with Gasteiger partial charge in [0.2, 0.25) is 0 Å². The van der Waals surface area contributed by atoms with Crippen molar-refractivity contribution in [3.8, 4) is 0 Å². The van der Waals surface area contributed by atoms with Gasteiger partial charge in [0.15, 0.2) is 0 Å². The molecule has 98 valence electrons. The molecule has 0 aliphatic rings. The molecule has 0 aliphatic carbocycles. The molecule has 0 aliphatic heterocycles. The first kappa shape index (κ1) is 12.3. The predicted octanol–water partition coefficient (Wildman–Crippen LogP) is 2.38. The fourth-order valence-corrected chi connectivity index (χ4v) is 3.32. The van der Waals surface area contributed by atoms with E-state index < -0.39 is 0 Å². The molecule has 0 fully saturated rings. The van der Waals surface area contributed by atoms with E-state index in [1.54, 1.807) is 11.3 Å². The third-order valence-corrected chi connectivity index (χ3v) is 4.38. The van der Waals surface area contributed by atoms with Crippen molar-refractivity contribution in [2.75, 3.05) is 0 Å². The van der Waals surface area contributed by atoms with E-state index in [0.717, 1.165) is 12.2 Å². The van der Waals surface area contributed by atoms with Gasteiger partial charge < -0.3 is 4.57 Å². The average molecular weight is 272 g/mol. The molecule has 0 saturated carbocycles. The number of hydrogen-bond acceptors (Lipinski definition) is 4. The van der Waals surface area contributed by atoms with Gasteiger partial charge in [0, 0.05) is 30.6 Å². The van der Waals surface area contributed by atoms with Crippen LogP contribution >= 0.6 is 11.3 Å². The molecule has 0 amide bonds. The maximum atomic E-state index is 5.74. The van der Waals surface area contributed by atoms with Crippen molar-refractivity contribution in [3.05, 3.63) is 53.4 Å². The number of benzene rings is 1. The lowest BCUT2D eigenvalue weighted by Gasteiger charge is -2.15. The highest BCUT2D eigenvalue weighted by atomic mass is 32.1. The van der Waals surface area contributed by atoms with Gasteiger partial charge in [0.1, 0.15) is 5.82 Å². The van der Waals surface area contributed by atoms with E-state index in [1.807, 2.05) is 24.0 Å². The SMILES string of the molecule is Cn1ccnc1CC(NN)c1csc2ccccc12. The van der Waals surface area contributed by atoms with Crippen molar-refractivity contribution in [2.45, 2.75) is 12.5 Å². The molecule has 5 heteroatoms. The summed E-state index contributed by atoms with van der Waals surface area (Å²) in [5.41, 5.74) is 4.16. The highest BCUT2D eigenvalue weighted by molar-refractivity contribution is 7.17. The van der Waals surface area contributed by atoms with Crippen LogP contribution in [-0.4, -0.2) is 9.55 Å². The van der Waals surface area contributed by atoms with E-state index in [0.29, 0.717) is 0 Å². The largest absolute Gasteiger partial charge is 0.338 e. The fraction of sp³-hybridized carbons (Fsp3) is 0.214. The van der Waals surface area contributed by atoms with Gasteiger partial charge in [-0.3, -0.25) is 11.3 Å². The molecule has 3 rings (SSSR count). The smallest absolute Gasteiger partial charge is 0.110 e. The Morgan fingerprint density at radius 3 is 3.00 bits per heavy atom. The minimum atomic E-state index is 0.0808. The van der Waals surface area contributed by atoms with Crippen molar-refractivity contribution in [3.63, 3.8) is 0 Å². The summed E-state index contributed by atoms with van der Waals surface area (Å²) in [5.74, 6) is 6.77. The van der Waals surface area contributed by atoms with E-state index in [-0.39, 0.29) is 6.04 Å². The Kier molecular flexibility index (Phi) is 3.33. The van der Waals surface area contributed by atoms with Crippen LogP contribution in [0.3, 0.4) is 0 Å². The second kappa shape index (κ2) is 5.13. The molecule has 1 atom stereocenters. The maximum Gasteiger partial charge on any atom is 0.110 e. The zero-order valence-electron chi connectivity index (χ0n) is 10.7. The zero-order valence-corrected chi connectivity index (χ0v) is 11.5. The molecule has 1 aromatic carbocycles. The summed E-state index contributed by atoms with van der Waals surface area (Å²) < 4.78 is 3.32. The summed E-state index contributed by atoms with van der Waals surface area (Å²) in [6.07, 6.45) is 4.55. The van der Waals surface area contributed by atoms with Crippen molar-refractivity contribution in [1.82, 2.24) is 15.0 Å². The third kappa shape index (κ3) is 2.28. The van der Waals surface area contributed by atoms with Crippen LogP contribution in [0.25, 0.3) is 10.1 Å². The number of fused-ring (bicyclic) bond motifs is 1. The third-order valence-electron chi connectivity index (χ3n) is 3.40. The van der Waals surface area contributed by atoms with E-state index in [2.05, 4.69) is 40.1 Å². The number of nitrogens with two attached hydrogens (primary N) is 1. The molecule has 4 nitrogen and oxygen atoms in total. The van der Waals surface area contributed by atoms with Gasteiger partial charge in [-0.25, -0.2) is 4.98 Å². The van der Waals surface area contributed by atoms with E-state index in [9.17, 15) is 0 Å². The van der Waals surface area contributed by atoms with E-state index in [4.69, 9.17) is 5.84 Å². The van der Waals surface area contributed by atoms with Gasteiger partial charge in [-0.1, -0.05) is 18.2 Å². The van der Waals surface area contributed by atoms with Crippen molar-refractivity contribution >= 4 is 21.4 Å². The lowest BCUT2D eigenvalue weighted by atomic mass is 10.0. The van der Waals surface area contributed by atoms with Crippen LogP contribution in [0.15, 0.2) is 42.0 Å². The second-order valence-corrected chi connectivity index (χ2v) is 5.48. The second-order valence-electron chi connectivity index (χ2n) is 4.56. The minimum Gasteiger partial charge on any atom is -0.338 e. The molecule has 2 aromatic heterocycles. The van der Waals surface area contributed by atoms with Gasteiger partial charge in [0.05, 0.1) is 6.04 Å². The summed E-state index contributed by atoms with van der Waals surface area (Å²) in [4.78, 5) is 4.36. The molecule has 1 unspecified atom stereocenters. The van der Waals surface area contributed by atoms with Gasteiger partial charge in [0.25, 0.3) is 0 Å². The first-order valence-electron chi connectivity index (χ1n) is 6.18. The molecule has 0 saturated heterocycles. The van der Waals surface area contributed by atoms with Crippen molar-refractivity contribution in [1.29, 1.82) is 0 Å². The maximum absolute atomic E-state index is 5.74. The zero-order chi connectivity index (χ0) is 13.2. The normalized spacial score (nSPS) is 12.9. The van der Waals surface area contributed by atoms with Crippen LogP contribution in [0.4, 0.5) is 0 Å². The van der Waals surface area contributed by atoms with Gasteiger partial charge in [-0.2, -0.15) is 0 Å². The first-order chi connectivity index (χ1) is 9.29. The van der Waals surface area contributed by atoms with Crippen LogP contribution < -0.4 is 11.3 Å². The topological polar surface area (TPSA) is 55.9 Å². The van der Waals surface area contributed by atoms with Crippen LogP contribution in [-0.2, 0) is 13.5 Å². The summed E-state index contributed by atoms with van der Waals surface area (Å²) in [6, 6.07) is 8.48. The number of imidazole rings is 1. The predicted molar refractivity (Wildman–Crippen MR) is 78.8 cm³/mol. The summed E-state index contributed by atoms with van der Waals surface area (Å²) in [5, 5.41) is 3.45. The highest BCUT2D eigenvalue weighted by Crippen LogP contribution is 2.31. The Bertz CT molecular complexity index is 685. The van der Waals surface area contributed by atoms with E-state index >= 15 is 0 Å². The molecule has 2 heterocycles. The standard InChI is InChI=1S/C14H16N4S/c1-18-7-6-16-14(18)8-12(17-15)11-9-19-13-5-3-2-4-10(11)13/h2-7,9,12,17H,8,15H2,1H3. The van der Waals surface area contributed by atoms with Gasteiger partial charge in [-0.05, 0) is 22.4 Å². The van der Waals surface area contributed by atoms with Crippen LogP contribution in [0.2, 0.25) is 0 Å². The molecule has 3 N–H and O–H groups in total. The lowest BCUT2D eigenvalue weighted by Crippen LogP contribution is -2.30. The number of rotatable bonds is 4. The molecule has 19 heavy (non-hydrogen) atoms. The molecule has 3 aromatic rings. The Morgan fingerprint density at radius 2 is 2.26 bits per heavy atom. The number of nitrogens with zero attached hydrogens (tertiary/aromatic N) is 2.